The van der Waals surface area contributed by atoms with Crippen LogP contribution in [0.4, 0.5) is 0 Å². The van der Waals surface area contributed by atoms with Crippen molar-refractivity contribution in [3.63, 3.8) is 0 Å². The van der Waals surface area contributed by atoms with Gasteiger partial charge in [-0.2, -0.15) is 0 Å². The Hall–Kier alpha value is -0.860. The first-order chi connectivity index (χ1) is 8.69. The quantitative estimate of drug-likeness (QED) is 0.795. The van der Waals surface area contributed by atoms with Crippen molar-refractivity contribution in [3.8, 4) is 0 Å². The molecule has 0 heterocycles. The van der Waals surface area contributed by atoms with Crippen LogP contribution in [0.15, 0.2) is 24.3 Å². The van der Waals surface area contributed by atoms with E-state index in [1.165, 1.54) is 30.4 Å². The molecular formula is C16H26N2. The van der Waals surface area contributed by atoms with Gasteiger partial charge in [-0.25, -0.2) is 0 Å². The summed E-state index contributed by atoms with van der Waals surface area (Å²) in [6.45, 7) is 6.60. The van der Waals surface area contributed by atoms with E-state index in [0.717, 1.165) is 19.1 Å². The third-order valence-corrected chi connectivity index (χ3v) is 3.87. The molecule has 0 aliphatic heterocycles. The van der Waals surface area contributed by atoms with Gasteiger partial charge in [-0.3, -0.25) is 4.90 Å². The second kappa shape index (κ2) is 6.35. The van der Waals surface area contributed by atoms with E-state index in [-0.39, 0.29) is 0 Å². The van der Waals surface area contributed by atoms with Gasteiger partial charge in [0.05, 0.1) is 0 Å². The molecule has 1 atom stereocenters. The van der Waals surface area contributed by atoms with Gasteiger partial charge in [0.1, 0.15) is 0 Å². The average Bonchev–Trinajstić information content (AvgIpc) is 3.17. The lowest BCUT2D eigenvalue weighted by atomic mass is 10.1. The number of nitrogens with zero attached hydrogens (tertiary/aromatic N) is 1. The summed E-state index contributed by atoms with van der Waals surface area (Å²) in [5.41, 5.74) is 2.75. The molecule has 1 unspecified atom stereocenters. The van der Waals surface area contributed by atoms with Crippen LogP contribution >= 0.6 is 0 Å². The first-order valence-corrected chi connectivity index (χ1v) is 7.18. The van der Waals surface area contributed by atoms with E-state index in [4.69, 9.17) is 0 Å². The van der Waals surface area contributed by atoms with E-state index < -0.39 is 0 Å². The van der Waals surface area contributed by atoms with Crippen LogP contribution in [-0.2, 0) is 6.54 Å². The fraction of sp³-hybridized carbons (Fsp3) is 0.625. The number of likely N-dealkylation sites (N-methyl/N-ethyl adjacent to an activating group) is 1. The van der Waals surface area contributed by atoms with Crippen LogP contribution in [0.3, 0.4) is 0 Å². The van der Waals surface area contributed by atoms with Gasteiger partial charge < -0.3 is 5.32 Å². The summed E-state index contributed by atoms with van der Waals surface area (Å²) in [6, 6.07) is 10.3. The highest BCUT2D eigenvalue weighted by molar-refractivity contribution is 5.21. The highest BCUT2D eigenvalue weighted by Crippen LogP contribution is 2.19. The van der Waals surface area contributed by atoms with E-state index >= 15 is 0 Å². The lowest BCUT2D eigenvalue weighted by molar-refractivity contribution is 0.221. The minimum atomic E-state index is 0.645. The third kappa shape index (κ3) is 4.11. The van der Waals surface area contributed by atoms with Gasteiger partial charge in [0, 0.05) is 25.2 Å². The Bertz CT molecular complexity index is 354. The van der Waals surface area contributed by atoms with Crippen molar-refractivity contribution in [2.24, 2.45) is 0 Å². The molecule has 1 aliphatic carbocycles. The smallest absolute Gasteiger partial charge is 0.0234 e. The number of aryl methyl sites for hydroxylation is 1. The Morgan fingerprint density at radius 1 is 1.28 bits per heavy atom. The van der Waals surface area contributed by atoms with Crippen molar-refractivity contribution in [2.45, 2.75) is 51.7 Å². The second-order valence-corrected chi connectivity index (χ2v) is 5.65. The standard InChI is InChI=1S/C16H26N2/c1-4-16(11-17-15-9-10-15)18(3)12-14-7-5-13(2)6-8-14/h5-8,15-17H,4,9-12H2,1-3H3. The van der Waals surface area contributed by atoms with Crippen LogP contribution in [0.25, 0.3) is 0 Å². The maximum atomic E-state index is 3.64. The number of rotatable bonds is 7. The molecule has 100 valence electrons. The summed E-state index contributed by atoms with van der Waals surface area (Å²) in [5.74, 6) is 0. The maximum absolute atomic E-state index is 3.64. The summed E-state index contributed by atoms with van der Waals surface area (Å²) in [5, 5.41) is 3.64. The molecule has 1 saturated carbocycles. The van der Waals surface area contributed by atoms with Crippen molar-refractivity contribution >= 4 is 0 Å². The molecule has 2 nitrogen and oxygen atoms in total. The van der Waals surface area contributed by atoms with Gasteiger partial charge in [-0.15, -0.1) is 0 Å². The SMILES string of the molecule is CCC(CNC1CC1)N(C)Cc1ccc(C)cc1. The van der Waals surface area contributed by atoms with Crippen molar-refractivity contribution in [1.82, 2.24) is 10.2 Å². The largest absolute Gasteiger partial charge is 0.312 e. The Kier molecular flexibility index (Phi) is 4.79. The molecule has 0 saturated heterocycles. The molecule has 1 aromatic carbocycles. The molecular weight excluding hydrogens is 220 g/mol. The van der Waals surface area contributed by atoms with Crippen LogP contribution in [-0.4, -0.2) is 30.6 Å². The molecule has 0 amide bonds. The van der Waals surface area contributed by atoms with E-state index in [9.17, 15) is 0 Å². The lowest BCUT2D eigenvalue weighted by Crippen LogP contribution is -2.40. The number of hydrogen-bond donors (Lipinski definition) is 1. The Balaban J connectivity index is 1.83. The highest BCUT2D eigenvalue weighted by Gasteiger charge is 2.22. The molecule has 18 heavy (non-hydrogen) atoms. The zero-order chi connectivity index (χ0) is 13.0. The first kappa shape index (κ1) is 13.6. The number of benzene rings is 1. The summed E-state index contributed by atoms with van der Waals surface area (Å²) in [4.78, 5) is 2.47. The summed E-state index contributed by atoms with van der Waals surface area (Å²) in [7, 11) is 2.24. The number of nitrogens with one attached hydrogen (secondary N) is 1. The lowest BCUT2D eigenvalue weighted by Gasteiger charge is -2.27. The first-order valence-electron chi connectivity index (χ1n) is 7.18. The van der Waals surface area contributed by atoms with Gasteiger partial charge in [0.25, 0.3) is 0 Å². The third-order valence-electron chi connectivity index (χ3n) is 3.87. The molecule has 0 radical (unpaired) electrons. The molecule has 2 heteroatoms. The Morgan fingerprint density at radius 3 is 2.50 bits per heavy atom. The van der Waals surface area contributed by atoms with E-state index in [1.54, 1.807) is 0 Å². The van der Waals surface area contributed by atoms with Crippen molar-refractivity contribution in [3.05, 3.63) is 35.4 Å². The molecule has 2 rings (SSSR count). The van der Waals surface area contributed by atoms with Gasteiger partial charge in [-0.1, -0.05) is 36.8 Å². The van der Waals surface area contributed by atoms with Crippen LogP contribution in [0.2, 0.25) is 0 Å². The Morgan fingerprint density at radius 2 is 1.94 bits per heavy atom. The van der Waals surface area contributed by atoms with Crippen LogP contribution < -0.4 is 5.32 Å². The fourth-order valence-corrected chi connectivity index (χ4v) is 2.31. The summed E-state index contributed by atoms with van der Waals surface area (Å²) < 4.78 is 0. The molecule has 0 spiro atoms. The zero-order valence-electron chi connectivity index (χ0n) is 11.9. The predicted molar refractivity (Wildman–Crippen MR) is 77.7 cm³/mol. The minimum absolute atomic E-state index is 0.645. The van der Waals surface area contributed by atoms with Gasteiger partial charge in [0.15, 0.2) is 0 Å². The highest BCUT2D eigenvalue weighted by atomic mass is 15.2. The van der Waals surface area contributed by atoms with E-state index in [2.05, 4.69) is 55.4 Å². The number of hydrogen-bond acceptors (Lipinski definition) is 2. The van der Waals surface area contributed by atoms with Crippen molar-refractivity contribution < 1.29 is 0 Å². The monoisotopic (exact) mass is 246 g/mol. The average molecular weight is 246 g/mol. The van der Waals surface area contributed by atoms with Gasteiger partial charge in [-0.05, 0) is 38.8 Å². The van der Waals surface area contributed by atoms with Gasteiger partial charge in [0.2, 0.25) is 0 Å². The Labute approximate surface area is 111 Å². The fourth-order valence-electron chi connectivity index (χ4n) is 2.31. The molecule has 1 aromatic rings. The van der Waals surface area contributed by atoms with Gasteiger partial charge >= 0.3 is 0 Å². The van der Waals surface area contributed by atoms with Crippen LogP contribution in [0, 0.1) is 6.92 Å². The molecule has 0 bridgehead atoms. The van der Waals surface area contributed by atoms with E-state index in [1.807, 2.05) is 0 Å². The maximum Gasteiger partial charge on any atom is 0.0234 e. The van der Waals surface area contributed by atoms with Crippen LogP contribution in [0.5, 0.6) is 0 Å². The van der Waals surface area contributed by atoms with Crippen LogP contribution in [0.1, 0.15) is 37.3 Å². The summed E-state index contributed by atoms with van der Waals surface area (Å²) >= 11 is 0. The minimum Gasteiger partial charge on any atom is -0.312 e. The topological polar surface area (TPSA) is 15.3 Å². The van der Waals surface area contributed by atoms with Crippen molar-refractivity contribution in [2.75, 3.05) is 13.6 Å². The second-order valence-electron chi connectivity index (χ2n) is 5.65. The van der Waals surface area contributed by atoms with E-state index in [0.29, 0.717) is 6.04 Å². The predicted octanol–water partition coefficient (Wildman–Crippen LogP) is 2.96. The molecule has 1 fully saturated rings. The summed E-state index contributed by atoms with van der Waals surface area (Å²) in [6.07, 6.45) is 3.96. The van der Waals surface area contributed by atoms with Crippen molar-refractivity contribution in [1.29, 1.82) is 0 Å². The molecule has 1 aliphatic rings. The molecule has 1 N–H and O–H groups in total. The normalized spacial score (nSPS) is 17.1. The molecule has 0 aromatic heterocycles. The zero-order valence-corrected chi connectivity index (χ0v) is 11.9.